The van der Waals surface area contributed by atoms with Gasteiger partial charge in [0.25, 0.3) is 0 Å². The molecule has 0 atom stereocenters. The van der Waals surface area contributed by atoms with Crippen molar-refractivity contribution < 1.29 is 4.79 Å². The highest BCUT2D eigenvalue weighted by molar-refractivity contribution is 7.13. The number of amides is 1. The summed E-state index contributed by atoms with van der Waals surface area (Å²) < 4.78 is 0. The second-order valence-corrected chi connectivity index (χ2v) is 6.26. The predicted molar refractivity (Wildman–Crippen MR) is 86.4 cm³/mol. The van der Waals surface area contributed by atoms with Crippen molar-refractivity contribution >= 4 is 22.9 Å². The molecule has 0 bridgehead atoms. The number of piperidine rings is 1. The van der Waals surface area contributed by atoms with Crippen LogP contribution in [0.4, 0.5) is 5.69 Å². The Balaban J connectivity index is 1.62. The number of carbonyl (C=O) groups excluding carboxylic acids is 1. The van der Waals surface area contributed by atoms with Crippen molar-refractivity contribution in [1.82, 2.24) is 10.3 Å². The minimum atomic E-state index is 0.109. The Morgan fingerprint density at radius 3 is 3.00 bits per heavy atom. The molecular weight excluding hydrogens is 282 g/mol. The largest absolute Gasteiger partial charge is 0.326 e. The Hall–Kier alpha value is -1.72. The molecule has 1 amide bonds. The normalized spacial score (nSPS) is 15.8. The molecule has 2 N–H and O–H groups in total. The lowest BCUT2D eigenvalue weighted by Gasteiger charge is -2.21. The number of hydrogen-bond acceptors (Lipinski definition) is 4. The highest BCUT2D eigenvalue weighted by atomic mass is 32.1. The van der Waals surface area contributed by atoms with Gasteiger partial charge in [0.2, 0.25) is 5.91 Å². The van der Waals surface area contributed by atoms with Crippen LogP contribution in [0.2, 0.25) is 0 Å². The second kappa shape index (κ2) is 6.83. The molecule has 0 unspecified atom stereocenters. The first-order chi connectivity index (χ1) is 10.3. The van der Waals surface area contributed by atoms with Gasteiger partial charge in [-0.2, -0.15) is 0 Å². The van der Waals surface area contributed by atoms with Gasteiger partial charge < -0.3 is 10.6 Å². The molecule has 1 aliphatic rings. The fourth-order valence-electron chi connectivity index (χ4n) is 2.66. The Labute approximate surface area is 128 Å². The molecule has 0 saturated carbocycles. The van der Waals surface area contributed by atoms with E-state index in [-0.39, 0.29) is 5.91 Å². The molecule has 4 nitrogen and oxygen atoms in total. The van der Waals surface area contributed by atoms with Crippen LogP contribution in [-0.2, 0) is 4.79 Å². The number of rotatable bonds is 4. The third kappa shape index (κ3) is 3.89. The zero-order chi connectivity index (χ0) is 14.5. The van der Waals surface area contributed by atoms with E-state index in [4.69, 9.17) is 0 Å². The van der Waals surface area contributed by atoms with E-state index in [9.17, 15) is 4.79 Å². The molecule has 3 rings (SSSR count). The molecular formula is C16H19N3OS. The number of benzene rings is 1. The maximum Gasteiger partial charge on any atom is 0.224 e. The summed E-state index contributed by atoms with van der Waals surface area (Å²) in [6.07, 6.45) is 4.59. The Bertz CT molecular complexity index is 591. The van der Waals surface area contributed by atoms with E-state index in [1.165, 1.54) is 0 Å². The summed E-state index contributed by atoms with van der Waals surface area (Å²) in [4.78, 5) is 16.4. The summed E-state index contributed by atoms with van der Waals surface area (Å²) in [6.45, 7) is 2.05. The van der Waals surface area contributed by atoms with E-state index in [1.807, 2.05) is 29.6 Å². The number of aromatic nitrogens is 1. The monoisotopic (exact) mass is 301 g/mol. The average molecular weight is 301 g/mol. The van der Waals surface area contributed by atoms with Gasteiger partial charge in [0.1, 0.15) is 5.01 Å². The lowest BCUT2D eigenvalue weighted by molar-refractivity contribution is -0.117. The van der Waals surface area contributed by atoms with Gasteiger partial charge in [0.05, 0.1) is 0 Å². The van der Waals surface area contributed by atoms with Crippen LogP contribution in [0, 0.1) is 5.92 Å². The molecule has 5 heteroatoms. The fourth-order valence-corrected chi connectivity index (χ4v) is 3.29. The van der Waals surface area contributed by atoms with Gasteiger partial charge in [-0.1, -0.05) is 12.1 Å². The summed E-state index contributed by atoms with van der Waals surface area (Å²) >= 11 is 1.60. The average Bonchev–Trinajstić information content (AvgIpc) is 3.02. The summed E-state index contributed by atoms with van der Waals surface area (Å²) in [6, 6.07) is 7.88. The third-order valence-electron chi connectivity index (χ3n) is 3.76. The van der Waals surface area contributed by atoms with E-state index in [2.05, 4.69) is 15.6 Å². The fraction of sp³-hybridized carbons (Fsp3) is 0.375. The first-order valence-electron chi connectivity index (χ1n) is 7.32. The zero-order valence-electron chi connectivity index (χ0n) is 11.8. The van der Waals surface area contributed by atoms with Crippen molar-refractivity contribution in [1.29, 1.82) is 0 Å². The molecule has 2 heterocycles. The van der Waals surface area contributed by atoms with Crippen molar-refractivity contribution in [3.8, 4) is 10.6 Å². The number of anilines is 1. The first-order valence-corrected chi connectivity index (χ1v) is 8.20. The summed E-state index contributed by atoms with van der Waals surface area (Å²) in [7, 11) is 0. The Morgan fingerprint density at radius 1 is 1.38 bits per heavy atom. The van der Waals surface area contributed by atoms with Gasteiger partial charge in [-0.3, -0.25) is 4.79 Å². The molecule has 1 saturated heterocycles. The molecule has 1 fully saturated rings. The smallest absolute Gasteiger partial charge is 0.224 e. The lowest BCUT2D eigenvalue weighted by atomic mass is 9.94. The SMILES string of the molecule is O=C(CC1CCNCC1)Nc1cccc(-c2nccs2)c1. The van der Waals surface area contributed by atoms with Gasteiger partial charge in [-0.05, 0) is 44.0 Å². The van der Waals surface area contributed by atoms with Crippen molar-refractivity contribution in [3.05, 3.63) is 35.8 Å². The molecule has 1 aromatic carbocycles. The standard InChI is InChI=1S/C16H19N3OS/c20-15(10-12-4-6-17-7-5-12)19-14-3-1-2-13(11-14)16-18-8-9-21-16/h1-3,8-9,11-12,17H,4-7,10H2,(H,19,20). The number of carbonyl (C=O) groups is 1. The van der Waals surface area contributed by atoms with Crippen LogP contribution < -0.4 is 10.6 Å². The van der Waals surface area contributed by atoms with Gasteiger partial charge >= 0.3 is 0 Å². The summed E-state index contributed by atoms with van der Waals surface area (Å²) in [5.74, 6) is 0.617. The molecule has 0 spiro atoms. The van der Waals surface area contributed by atoms with Gasteiger partial charge in [-0.15, -0.1) is 11.3 Å². The van der Waals surface area contributed by atoms with E-state index >= 15 is 0 Å². The predicted octanol–water partition coefficient (Wildman–Crippen LogP) is 3.14. The maximum atomic E-state index is 12.1. The highest BCUT2D eigenvalue weighted by Gasteiger charge is 2.16. The molecule has 110 valence electrons. The molecule has 21 heavy (non-hydrogen) atoms. The second-order valence-electron chi connectivity index (χ2n) is 5.36. The Morgan fingerprint density at radius 2 is 2.24 bits per heavy atom. The topological polar surface area (TPSA) is 54.0 Å². The number of hydrogen-bond donors (Lipinski definition) is 2. The van der Waals surface area contributed by atoms with E-state index in [0.717, 1.165) is 42.2 Å². The van der Waals surface area contributed by atoms with Crippen molar-refractivity contribution in [2.24, 2.45) is 5.92 Å². The maximum absolute atomic E-state index is 12.1. The van der Waals surface area contributed by atoms with Crippen LogP contribution in [0.3, 0.4) is 0 Å². The summed E-state index contributed by atoms with van der Waals surface area (Å²) in [5.41, 5.74) is 1.89. The minimum absolute atomic E-state index is 0.109. The van der Waals surface area contributed by atoms with Gasteiger partial charge in [-0.25, -0.2) is 4.98 Å². The third-order valence-corrected chi connectivity index (χ3v) is 4.58. The molecule has 0 aliphatic carbocycles. The van der Waals surface area contributed by atoms with E-state index in [1.54, 1.807) is 17.5 Å². The van der Waals surface area contributed by atoms with Crippen molar-refractivity contribution in [3.63, 3.8) is 0 Å². The molecule has 1 aromatic heterocycles. The molecule has 1 aliphatic heterocycles. The quantitative estimate of drug-likeness (QED) is 0.912. The van der Waals surface area contributed by atoms with Crippen LogP contribution in [0.25, 0.3) is 10.6 Å². The van der Waals surface area contributed by atoms with Crippen molar-refractivity contribution in [2.45, 2.75) is 19.3 Å². The number of nitrogens with zero attached hydrogens (tertiary/aromatic N) is 1. The number of nitrogens with one attached hydrogen (secondary N) is 2. The lowest BCUT2D eigenvalue weighted by Crippen LogP contribution is -2.30. The van der Waals surface area contributed by atoms with Crippen LogP contribution in [0.15, 0.2) is 35.8 Å². The van der Waals surface area contributed by atoms with Gasteiger partial charge in [0, 0.05) is 29.2 Å². The minimum Gasteiger partial charge on any atom is -0.326 e. The van der Waals surface area contributed by atoms with Crippen LogP contribution >= 0.6 is 11.3 Å². The van der Waals surface area contributed by atoms with Crippen LogP contribution in [-0.4, -0.2) is 24.0 Å². The Kier molecular flexibility index (Phi) is 4.62. The molecule has 0 radical (unpaired) electrons. The van der Waals surface area contributed by atoms with Crippen molar-refractivity contribution in [2.75, 3.05) is 18.4 Å². The van der Waals surface area contributed by atoms with Crippen LogP contribution in [0.1, 0.15) is 19.3 Å². The zero-order valence-corrected chi connectivity index (χ0v) is 12.7. The highest BCUT2D eigenvalue weighted by Crippen LogP contribution is 2.25. The molecule has 2 aromatic rings. The van der Waals surface area contributed by atoms with Crippen LogP contribution in [0.5, 0.6) is 0 Å². The van der Waals surface area contributed by atoms with Gasteiger partial charge in [0.15, 0.2) is 0 Å². The number of thiazole rings is 1. The summed E-state index contributed by atoms with van der Waals surface area (Å²) in [5, 5.41) is 9.26. The van der Waals surface area contributed by atoms with E-state index in [0.29, 0.717) is 12.3 Å². The van der Waals surface area contributed by atoms with E-state index < -0.39 is 0 Å². The first kappa shape index (κ1) is 14.2.